The number of aliphatic carboxylic acids is 1. The summed E-state index contributed by atoms with van der Waals surface area (Å²) in [7, 11) is 0. The monoisotopic (exact) mass is 309 g/mol. The third kappa shape index (κ3) is 2.54. The average Bonchev–Trinajstić information content (AvgIpc) is 2.85. The Kier molecular flexibility index (Phi) is 3.56. The zero-order valence-electron chi connectivity index (χ0n) is 13.4. The van der Waals surface area contributed by atoms with E-state index < -0.39 is 12.0 Å². The second-order valence-corrected chi connectivity index (χ2v) is 5.87. The maximum atomic E-state index is 11.6. The van der Waals surface area contributed by atoms with Crippen LogP contribution in [0.1, 0.15) is 24.1 Å². The lowest BCUT2D eigenvalue weighted by atomic mass is 10.1. The Labute approximate surface area is 134 Å². The zero-order chi connectivity index (χ0) is 16.7. The van der Waals surface area contributed by atoms with E-state index in [-0.39, 0.29) is 0 Å². The van der Waals surface area contributed by atoms with Crippen molar-refractivity contribution in [3.05, 3.63) is 47.5 Å². The van der Waals surface area contributed by atoms with Gasteiger partial charge in [-0.05, 0) is 56.2 Å². The first-order chi connectivity index (χ1) is 10.9. The Balaban J connectivity index is 2.36. The Bertz CT molecular complexity index is 912. The lowest BCUT2D eigenvalue weighted by Gasteiger charge is -2.14. The number of aryl methyl sites for hydroxylation is 2. The zero-order valence-corrected chi connectivity index (χ0v) is 13.4. The molecule has 23 heavy (non-hydrogen) atoms. The topological polar surface area (TPSA) is 81.1 Å². The second-order valence-electron chi connectivity index (χ2n) is 5.87. The first-order valence-electron chi connectivity index (χ1n) is 7.46. The molecule has 5 heteroatoms. The van der Waals surface area contributed by atoms with Crippen LogP contribution in [0.3, 0.4) is 0 Å². The summed E-state index contributed by atoms with van der Waals surface area (Å²) in [5.74, 6) is -0.278. The molecule has 3 rings (SSSR count). The molecule has 0 aliphatic carbocycles. The molecule has 0 bridgehead atoms. The molecule has 0 amide bonds. The van der Waals surface area contributed by atoms with Crippen molar-refractivity contribution in [2.24, 2.45) is 0 Å². The van der Waals surface area contributed by atoms with Gasteiger partial charge in [-0.2, -0.15) is 0 Å². The summed E-state index contributed by atoms with van der Waals surface area (Å²) in [6.07, 6.45) is 0. The molecule has 1 atom stereocenters. The van der Waals surface area contributed by atoms with Crippen LogP contribution in [0.25, 0.3) is 22.4 Å². The number of benzene rings is 2. The fourth-order valence-electron chi connectivity index (χ4n) is 2.73. The minimum atomic E-state index is -0.896. The number of hydrogen-bond acceptors (Lipinski definition) is 3. The molecular weight excluding hydrogens is 290 g/mol. The molecule has 1 heterocycles. The van der Waals surface area contributed by atoms with E-state index in [1.165, 1.54) is 0 Å². The van der Waals surface area contributed by atoms with E-state index in [2.05, 4.69) is 4.98 Å². The maximum Gasteiger partial charge on any atom is 0.326 e. The summed E-state index contributed by atoms with van der Waals surface area (Å²) in [6, 6.07) is 10.6. The third-order valence-electron chi connectivity index (χ3n) is 4.19. The van der Waals surface area contributed by atoms with Gasteiger partial charge in [-0.15, -0.1) is 0 Å². The van der Waals surface area contributed by atoms with Crippen molar-refractivity contribution in [1.29, 1.82) is 0 Å². The quantitative estimate of drug-likeness (QED) is 0.725. The minimum absolute atomic E-state index is 0.618. The van der Waals surface area contributed by atoms with Crippen LogP contribution in [0.2, 0.25) is 0 Å². The fourth-order valence-corrected chi connectivity index (χ4v) is 2.73. The largest absolute Gasteiger partial charge is 0.480 e. The van der Waals surface area contributed by atoms with Gasteiger partial charge in [-0.25, -0.2) is 9.78 Å². The molecule has 0 radical (unpaired) electrons. The molecule has 0 saturated heterocycles. The van der Waals surface area contributed by atoms with Gasteiger partial charge in [0, 0.05) is 11.3 Å². The Morgan fingerprint density at radius 1 is 1.22 bits per heavy atom. The standard InChI is InChI=1S/C18H19N3O2/c1-10-7-15-16(8-11(10)2)21(12(3)18(22)23)17(20-15)13-5-4-6-14(19)9-13/h4-9,12H,19H2,1-3H3,(H,22,23). The van der Waals surface area contributed by atoms with Crippen molar-refractivity contribution >= 4 is 22.7 Å². The summed E-state index contributed by atoms with van der Waals surface area (Å²) < 4.78 is 1.76. The van der Waals surface area contributed by atoms with Gasteiger partial charge in [0.05, 0.1) is 11.0 Å². The van der Waals surface area contributed by atoms with Gasteiger partial charge in [0.1, 0.15) is 11.9 Å². The summed E-state index contributed by atoms with van der Waals surface area (Å²) in [5, 5.41) is 9.49. The highest BCUT2D eigenvalue weighted by Gasteiger charge is 2.22. The Morgan fingerprint density at radius 2 is 1.91 bits per heavy atom. The fraction of sp³-hybridized carbons (Fsp3) is 0.222. The summed E-state index contributed by atoms with van der Waals surface area (Å²) in [4.78, 5) is 16.2. The van der Waals surface area contributed by atoms with Crippen LogP contribution in [-0.2, 0) is 4.79 Å². The van der Waals surface area contributed by atoms with E-state index in [4.69, 9.17) is 5.73 Å². The van der Waals surface area contributed by atoms with E-state index in [1.54, 1.807) is 17.6 Å². The van der Waals surface area contributed by atoms with Gasteiger partial charge >= 0.3 is 5.97 Å². The number of nitrogens with two attached hydrogens (primary N) is 1. The highest BCUT2D eigenvalue weighted by atomic mass is 16.4. The smallest absolute Gasteiger partial charge is 0.326 e. The van der Waals surface area contributed by atoms with E-state index in [0.29, 0.717) is 11.5 Å². The lowest BCUT2D eigenvalue weighted by Crippen LogP contribution is -2.16. The number of nitrogens with zero attached hydrogens (tertiary/aromatic N) is 2. The van der Waals surface area contributed by atoms with Gasteiger partial charge in [-0.3, -0.25) is 0 Å². The summed E-state index contributed by atoms with van der Waals surface area (Å²) in [6.45, 7) is 5.70. The molecule has 3 N–H and O–H groups in total. The predicted octanol–water partition coefficient (Wildman–Crippen LogP) is 3.55. The molecule has 0 fully saturated rings. The van der Waals surface area contributed by atoms with Crippen LogP contribution in [0, 0.1) is 13.8 Å². The van der Waals surface area contributed by atoms with Crippen LogP contribution in [0.5, 0.6) is 0 Å². The van der Waals surface area contributed by atoms with E-state index in [0.717, 1.165) is 27.7 Å². The number of anilines is 1. The van der Waals surface area contributed by atoms with Crippen LogP contribution < -0.4 is 5.73 Å². The number of nitrogen functional groups attached to an aromatic ring is 1. The molecule has 0 spiro atoms. The molecular formula is C18H19N3O2. The van der Waals surface area contributed by atoms with Crippen molar-refractivity contribution in [2.45, 2.75) is 26.8 Å². The van der Waals surface area contributed by atoms with Gasteiger partial charge < -0.3 is 15.4 Å². The second kappa shape index (κ2) is 5.43. The van der Waals surface area contributed by atoms with Crippen LogP contribution in [0.15, 0.2) is 36.4 Å². The van der Waals surface area contributed by atoms with E-state index >= 15 is 0 Å². The van der Waals surface area contributed by atoms with Crippen molar-refractivity contribution in [2.75, 3.05) is 5.73 Å². The number of fused-ring (bicyclic) bond motifs is 1. The Hall–Kier alpha value is -2.82. The predicted molar refractivity (Wildman–Crippen MR) is 91.4 cm³/mol. The summed E-state index contributed by atoms with van der Waals surface area (Å²) in [5.41, 5.74) is 11.1. The molecule has 1 unspecified atom stereocenters. The normalized spacial score (nSPS) is 12.5. The third-order valence-corrected chi connectivity index (χ3v) is 4.19. The number of hydrogen-bond donors (Lipinski definition) is 2. The molecule has 0 aliphatic rings. The lowest BCUT2D eigenvalue weighted by molar-refractivity contribution is -0.140. The van der Waals surface area contributed by atoms with Crippen molar-refractivity contribution < 1.29 is 9.90 Å². The van der Waals surface area contributed by atoms with Gasteiger partial charge in [0.2, 0.25) is 0 Å². The van der Waals surface area contributed by atoms with Gasteiger partial charge in [-0.1, -0.05) is 12.1 Å². The van der Waals surface area contributed by atoms with Crippen LogP contribution >= 0.6 is 0 Å². The maximum absolute atomic E-state index is 11.6. The highest BCUT2D eigenvalue weighted by Crippen LogP contribution is 2.31. The number of carboxylic acids is 1. The molecule has 3 aromatic rings. The van der Waals surface area contributed by atoms with Crippen molar-refractivity contribution in [1.82, 2.24) is 9.55 Å². The highest BCUT2D eigenvalue weighted by molar-refractivity contribution is 5.85. The number of imidazole rings is 1. The molecule has 2 aromatic carbocycles. The number of carboxylic acid groups (broad SMARTS) is 1. The Morgan fingerprint density at radius 3 is 2.57 bits per heavy atom. The van der Waals surface area contributed by atoms with Crippen molar-refractivity contribution in [3.8, 4) is 11.4 Å². The molecule has 0 aliphatic heterocycles. The number of rotatable bonds is 3. The van der Waals surface area contributed by atoms with E-state index in [9.17, 15) is 9.90 Å². The number of carbonyl (C=O) groups is 1. The first-order valence-corrected chi connectivity index (χ1v) is 7.46. The van der Waals surface area contributed by atoms with Crippen LogP contribution in [-0.4, -0.2) is 20.6 Å². The van der Waals surface area contributed by atoms with Gasteiger partial charge in [0.15, 0.2) is 0 Å². The average molecular weight is 309 g/mol. The molecule has 0 saturated carbocycles. The SMILES string of the molecule is Cc1cc2nc(-c3cccc(N)c3)n(C(C)C(=O)O)c2cc1C. The first kappa shape index (κ1) is 15.1. The molecule has 5 nitrogen and oxygen atoms in total. The van der Waals surface area contributed by atoms with Crippen molar-refractivity contribution in [3.63, 3.8) is 0 Å². The number of aromatic nitrogens is 2. The van der Waals surface area contributed by atoms with Gasteiger partial charge in [0.25, 0.3) is 0 Å². The molecule has 118 valence electrons. The van der Waals surface area contributed by atoms with E-state index in [1.807, 2.05) is 44.2 Å². The minimum Gasteiger partial charge on any atom is -0.480 e. The summed E-state index contributed by atoms with van der Waals surface area (Å²) >= 11 is 0. The van der Waals surface area contributed by atoms with Crippen LogP contribution in [0.4, 0.5) is 5.69 Å². The molecule has 1 aromatic heterocycles.